The maximum atomic E-state index is 12.2. The van der Waals surface area contributed by atoms with Crippen molar-refractivity contribution in [2.45, 2.75) is 63.6 Å². The summed E-state index contributed by atoms with van der Waals surface area (Å²) in [6, 6.07) is 0. The van der Waals surface area contributed by atoms with E-state index in [0.717, 1.165) is 0 Å². The molecule has 2 rings (SSSR count). The molecule has 0 saturated heterocycles. The van der Waals surface area contributed by atoms with E-state index in [-0.39, 0.29) is 30.0 Å². The third-order valence-corrected chi connectivity index (χ3v) is 4.74. The van der Waals surface area contributed by atoms with Gasteiger partial charge in [-0.25, -0.2) is 4.79 Å². The zero-order valence-corrected chi connectivity index (χ0v) is 13.4. The van der Waals surface area contributed by atoms with E-state index in [1.54, 1.807) is 0 Å². The van der Waals surface area contributed by atoms with Gasteiger partial charge in [-0.05, 0) is 51.4 Å². The summed E-state index contributed by atoms with van der Waals surface area (Å²) in [5.74, 6) is -1.51. The Balaban J connectivity index is 1.69. The van der Waals surface area contributed by atoms with E-state index in [1.807, 2.05) is 0 Å². The van der Waals surface area contributed by atoms with Crippen molar-refractivity contribution in [2.24, 2.45) is 11.8 Å². The maximum Gasteiger partial charge on any atom is 0.508 e. The molecule has 0 heterocycles. The van der Waals surface area contributed by atoms with Crippen molar-refractivity contribution in [3.05, 3.63) is 0 Å². The molecule has 2 fully saturated rings. The second-order valence-electron chi connectivity index (χ2n) is 6.29. The molecule has 0 radical (unpaired) electrons. The minimum absolute atomic E-state index is 0.141. The van der Waals surface area contributed by atoms with Crippen LogP contribution in [0, 0.1) is 11.8 Å². The van der Waals surface area contributed by atoms with Gasteiger partial charge in [0.1, 0.15) is 12.2 Å². The zero-order chi connectivity index (χ0) is 16.8. The topological polar surface area (TPSA) is 99.1 Å². The Labute approximate surface area is 135 Å². The van der Waals surface area contributed by atoms with Gasteiger partial charge in [-0.2, -0.15) is 0 Å². The number of aliphatic carboxylic acids is 1. The normalized spacial score (nSPS) is 31.0. The highest BCUT2D eigenvalue weighted by Crippen LogP contribution is 2.31. The predicted molar refractivity (Wildman–Crippen MR) is 78.7 cm³/mol. The molecular weight excluding hydrogens is 304 g/mol. The molecule has 0 aromatic heterocycles. The molecule has 7 nitrogen and oxygen atoms in total. The number of ether oxygens (including phenoxy) is 3. The summed E-state index contributed by atoms with van der Waals surface area (Å²) in [4.78, 5) is 34.1. The van der Waals surface area contributed by atoms with Crippen LogP contribution in [-0.2, 0) is 23.8 Å². The Bertz CT molecular complexity index is 432. The van der Waals surface area contributed by atoms with E-state index in [9.17, 15) is 14.4 Å². The minimum Gasteiger partial charge on any atom is -0.481 e. The summed E-state index contributed by atoms with van der Waals surface area (Å²) >= 11 is 0. The van der Waals surface area contributed by atoms with Crippen LogP contribution in [0.1, 0.15) is 51.4 Å². The van der Waals surface area contributed by atoms with E-state index >= 15 is 0 Å². The lowest BCUT2D eigenvalue weighted by Crippen LogP contribution is -2.33. The van der Waals surface area contributed by atoms with E-state index in [4.69, 9.17) is 14.6 Å². The second kappa shape index (κ2) is 8.17. The highest BCUT2D eigenvalue weighted by Gasteiger charge is 2.33. The lowest BCUT2D eigenvalue weighted by atomic mass is 9.82. The first-order valence-electron chi connectivity index (χ1n) is 8.17. The van der Waals surface area contributed by atoms with Crippen LogP contribution >= 0.6 is 0 Å². The van der Waals surface area contributed by atoms with Crippen LogP contribution in [0.4, 0.5) is 4.79 Å². The number of hydrogen-bond acceptors (Lipinski definition) is 6. The summed E-state index contributed by atoms with van der Waals surface area (Å²) in [5.41, 5.74) is 0. The van der Waals surface area contributed by atoms with Gasteiger partial charge in [-0.3, -0.25) is 9.59 Å². The van der Waals surface area contributed by atoms with E-state index < -0.39 is 12.1 Å². The first kappa shape index (κ1) is 17.6. The molecule has 0 amide bonds. The van der Waals surface area contributed by atoms with Crippen LogP contribution in [0.2, 0.25) is 0 Å². The van der Waals surface area contributed by atoms with Gasteiger partial charge in [-0.1, -0.05) is 0 Å². The Hall–Kier alpha value is -1.79. The number of methoxy groups -OCH3 is 1. The van der Waals surface area contributed by atoms with E-state index in [0.29, 0.717) is 51.4 Å². The molecule has 0 unspecified atom stereocenters. The van der Waals surface area contributed by atoms with Crippen LogP contribution < -0.4 is 0 Å². The number of carboxylic acid groups (broad SMARTS) is 1. The van der Waals surface area contributed by atoms with Gasteiger partial charge in [0.05, 0.1) is 18.9 Å². The van der Waals surface area contributed by atoms with Crippen LogP contribution in [0.5, 0.6) is 0 Å². The van der Waals surface area contributed by atoms with Crippen molar-refractivity contribution < 1.29 is 33.7 Å². The number of rotatable bonds is 4. The number of hydrogen-bond donors (Lipinski definition) is 1. The van der Waals surface area contributed by atoms with Crippen molar-refractivity contribution >= 4 is 18.1 Å². The quantitative estimate of drug-likeness (QED) is 0.791. The maximum absolute atomic E-state index is 12.2. The summed E-state index contributed by atoms with van der Waals surface area (Å²) in [6.45, 7) is 0. The number of esters is 1. The Kier molecular flexibility index (Phi) is 6.24. The van der Waals surface area contributed by atoms with Crippen molar-refractivity contribution in [3.8, 4) is 0 Å². The van der Waals surface area contributed by atoms with Gasteiger partial charge >= 0.3 is 18.1 Å². The zero-order valence-electron chi connectivity index (χ0n) is 13.4. The molecule has 0 bridgehead atoms. The van der Waals surface area contributed by atoms with Crippen LogP contribution in [0.15, 0.2) is 0 Å². The van der Waals surface area contributed by atoms with Crippen molar-refractivity contribution in [2.75, 3.05) is 7.11 Å². The van der Waals surface area contributed by atoms with Gasteiger partial charge in [0, 0.05) is 0 Å². The third-order valence-electron chi connectivity index (χ3n) is 4.74. The first-order valence-corrected chi connectivity index (χ1v) is 8.17. The fourth-order valence-electron chi connectivity index (χ4n) is 3.29. The molecule has 2 aliphatic carbocycles. The average Bonchev–Trinajstić information content (AvgIpc) is 2.56. The molecule has 0 atom stereocenters. The molecule has 2 aliphatic rings. The molecule has 0 aliphatic heterocycles. The van der Waals surface area contributed by atoms with E-state index in [2.05, 4.69) is 4.74 Å². The van der Waals surface area contributed by atoms with Gasteiger partial charge in [0.15, 0.2) is 0 Å². The van der Waals surface area contributed by atoms with Gasteiger partial charge in [-0.15, -0.1) is 0 Å². The second-order valence-corrected chi connectivity index (χ2v) is 6.29. The lowest BCUT2D eigenvalue weighted by Gasteiger charge is -2.30. The highest BCUT2D eigenvalue weighted by molar-refractivity contribution is 5.74. The SMILES string of the molecule is COC(=O)OC1CCC(OC(=O)C2CCC(C(=O)O)CC2)CC1. The molecule has 7 heteroatoms. The molecular formula is C16H24O7. The monoisotopic (exact) mass is 328 g/mol. The first-order chi connectivity index (χ1) is 11.0. The number of carbonyl (C=O) groups is 3. The number of carbonyl (C=O) groups excluding carboxylic acids is 2. The van der Waals surface area contributed by atoms with Crippen molar-refractivity contribution in [1.29, 1.82) is 0 Å². The molecule has 1 N–H and O–H groups in total. The standard InChI is InChI=1S/C16H24O7/c1-21-16(20)23-13-8-6-12(7-9-13)22-15(19)11-4-2-10(3-5-11)14(17)18/h10-13H,2-9H2,1H3,(H,17,18). The van der Waals surface area contributed by atoms with Gasteiger partial charge < -0.3 is 19.3 Å². The van der Waals surface area contributed by atoms with Crippen molar-refractivity contribution in [1.82, 2.24) is 0 Å². The fraction of sp³-hybridized carbons (Fsp3) is 0.812. The van der Waals surface area contributed by atoms with Crippen LogP contribution in [-0.4, -0.2) is 42.5 Å². The average molecular weight is 328 g/mol. The smallest absolute Gasteiger partial charge is 0.481 e. The molecule has 0 spiro atoms. The Morgan fingerprint density at radius 3 is 1.74 bits per heavy atom. The minimum atomic E-state index is -0.777. The Morgan fingerprint density at radius 1 is 0.783 bits per heavy atom. The fourth-order valence-corrected chi connectivity index (χ4v) is 3.29. The molecule has 0 aromatic carbocycles. The van der Waals surface area contributed by atoms with Crippen molar-refractivity contribution in [3.63, 3.8) is 0 Å². The molecule has 0 aromatic rings. The van der Waals surface area contributed by atoms with Gasteiger partial charge in [0.25, 0.3) is 0 Å². The molecule has 23 heavy (non-hydrogen) atoms. The highest BCUT2D eigenvalue weighted by atomic mass is 16.7. The summed E-state index contributed by atoms with van der Waals surface area (Å²) in [6.07, 6.45) is 3.87. The summed E-state index contributed by atoms with van der Waals surface area (Å²) < 4.78 is 15.1. The third kappa shape index (κ3) is 5.11. The van der Waals surface area contributed by atoms with E-state index in [1.165, 1.54) is 7.11 Å². The summed E-state index contributed by atoms with van der Waals surface area (Å²) in [5, 5.41) is 8.97. The molecule has 2 saturated carbocycles. The van der Waals surface area contributed by atoms with Crippen LogP contribution in [0.3, 0.4) is 0 Å². The van der Waals surface area contributed by atoms with Crippen LogP contribution in [0.25, 0.3) is 0 Å². The predicted octanol–water partition coefficient (Wildman–Crippen LogP) is 2.51. The summed E-state index contributed by atoms with van der Waals surface area (Å²) in [7, 11) is 1.27. The number of carboxylic acids is 1. The van der Waals surface area contributed by atoms with Gasteiger partial charge in [0.2, 0.25) is 0 Å². The molecule has 130 valence electrons. The largest absolute Gasteiger partial charge is 0.508 e. The lowest BCUT2D eigenvalue weighted by molar-refractivity contribution is -0.159. The Morgan fingerprint density at radius 2 is 1.26 bits per heavy atom.